The van der Waals surface area contributed by atoms with E-state index in [4.69, 9.17) is 14.2 Å². The Morgan fingerprint density at radius 2 is 0.946 bits per heavy atom. The summed E-state index contributed by atoms with van der Waals surface area (Å²) in [6.45, 7) is 0.631. The molecular formula is C30H28N2O5. The second-order valence-corrected chi connectivity index (χ2v) is 8.19. The monoisotopic (exact) mass is 496 g/mol. The Morgan fingerprint density at radius 1 is 0.541 bits per heavy atom. The van der Waals surface area contributed by atoms with Gasteiger partial charge in [0.1, 0.15) is 31.7 Å². The van der Waals surface area contributed by atoms with Crippen molar-refractivity contribution in [3.63, 3.8) is 0 Å². The predicted molar refractivity (Wildman–Crippen MR) is 139 cm³/mol. The van der Waals surface area contributed by atoms with Crippen molar-refractivity contribution in [2.24, 2.45) is 0 Å². The highest BCUT2D eigenvalue weighted by Gasteiger charge is 2.19. The number of hydrogen-bond donors (Lipinski definition) is 2. The summed E-state index contributed by atoms with van der Waals surface area (Å²) in [5, 5.41) is 5.39. The van der Waals surface area contributed by atoms with E-state index in [1.165, 1.54) is 0 Å². The van der Waals surface area contributed by atoms with E-state index in [0.717, 1.165) is 16.7 Å². The molecule has 0 heterocycles. The van der Waals surface area contributed by atoms with Gasteiger partial charge in [0.25, 0.3) is 0 Å². The van der Waals surface area contributed by atoms with Gasteiger partial charge in [-0.05, 0) is 34.4 Å². The third kappa shape index (κ3) is 8.43. The van der Waals surface area contributed by atoms with Gasteiger partial charge in [0, 0.05) is 0 Å². The largest absolute Gasteiger partial charge is 0.489 e. The summed E-state index contributed by atoms with van der Waals surface area (Å²) >= 11 is 0. The van der Waals surface area contributed by atoms with Crippen LogP contribution >= 0.6 is 0 Å². The molecule has 2 amide bonds. The minimum Gasteiger partial charge on any atom is -0.489 e. The zero-order valence-electron chi connectivity index (χ0n) is 20.2. The van der Waals surface area contributed by atoms with Crippen LogP contribution in [0.25, 0.3) is 0 Å². The van der Waals surface area contributed by atoms with Crippen LogP contribution in [0.5, 0.6) is 5.75 Å². The average Bonchev–Trinajstić information content (AvgIpc) is 2.95. The minimum atomic E-state index is -0.880. The molecule has 2 N–H and O–H groups in total. The van der Waals surface area contributed by atoms with Crippen molar-refractivity contribution >= 4 is 12.2 Å². The maximum absolute atomic E-state index is 12.5. The van der Waals surface area contributed by atoms with Crippen LogP contribution in [0.4, 0.5) is 9.59 Å². The van der Waals surface area contributed by atoms with Gasteiger partial charge in [-0.3, -0.25) is 10.6 Å². The first kappa shape index (κ1) is 25.3. The number of nitrogens with one attached hydrogen (secondary N) is 2. The van der Waals surface area contributed by atoms with Crippen LogP contribution < -0.4 is 15.4 Å². The molecule has 37 heavy (non-hydrogen) atoms. The standard InChI is InChI=1S/C30H28N2O5/c33-29(36-21-24-12-6-2-7-13-24)31-28(32-30(34)37-22-25-14-8-3-9-15-25)26-16-18-27(19-17-26)35-20-23-10-4-1-5-11-23/h1-19,28H,20-22H2,(H,31,33)(H,32,34). The Morgan fingerprint density at radius 3 is 1.38 bits per heavy atom. The smallest absolute Gasteiger partial charge is 0.409 e. The lowest BCUT2D eigenvalue weighted by molar-refractivity contribution is 0.122. The molecule has 4 rings (SSSR count). The summed E-state index contributed by atoms with van der Waals surface area (Å²) in [7, 11) is 0. The van der Waals surface area contributed by atoms with Crippen LogP contribution in [-0.2, 0) is 29.3 Å². The average molecular weight is 497 g/mol. The zero-order chi connectivity index (χ0) is 25.7. The summed E-state index contributed by atoms with van der Waals surface area (Å²) in [6, 6.07) is 35.6. The van der Waals surface area contributed by atoms with Gasteiger partial charge in [-0.25, -0.2) is 9.59 Å². The molecular weight excluding hydrogens is 468 g/mol. The van der Waals surface area contributed by atoms with Crippen molar-refractivity contribution in [1.29, 1.82) is 0 Å². The van der Waals surface area contributed by atoms with Gasteiger partial charge in [0.15, 0.2) is 0 Å². The van der Waals surface area contributed by atoms with Crippen molar-refractivity contribution in [1.82, 2.24) is 10.6 Å². The molecule has 0 spiro atoms. The summed E-state index contributed by atoms with van der Waals surface area (Å²) in [4.78, 5) is 25.1. The lowest BCUT2D eigenvalue weighted by Gasteiger charge is -2.21. The first-order valence-corrected chi connectivity index (χ1v) is 11.9. The number of ether oxygens (including phenoxy) is 3. The Balaban J connectivity index is 1.38. The Kier molecular flexibility index (Phi) is 9.13. The number of rotatable bonds is 10. The van der Waals surface area contributed by atoms with Gasteiger partial charge in [0.2, 0.25) is 0 Å². The second-order valence-electron chi connectivity index (χ2n) is 8.19. The van der Waals surface area contributed by atoms with E-state index in [1.807, 2.05) is 91.0 Å². The van der Waals surface area contributed by atoms with Gasteiger partial charge in [-0.2, -0.15) is 0 Å². The third-order valence-corrected chi connectivity index (χ3v) is 5.41. The molecule has 0 aliphatic carbocycles. The highest BCUT2D eigenvalue weighted by Crippen LogP contribution is 2.18. The van der Waals surface area contributed by atoms with Crippen molar-refractivity contribution in [2.75, 3.05) is 0 Å². The highest BCUT2D eigenvalue weighted by atomic mass is 16.6. The molecule has 0 aliphatic heterocycles. The molecule has 0 atom stereocenters. The van der Waals surface area contributed by atoms with Crippen molar-refractivity contribution in [3.05, 3.63) is 138 Å². The molecule has 0 aliphatic rings. The third-order valence-electron chi connectivity index (χ3n) is 5.41. The number of hydrogen-bond acceptors (Lipinski definition) is 5. The van der Waals surface area contributed by atoms with Gasteiger partial charge in [0.05, 0.1) is 0 Å². The zero-order valence-corrected chi connectivity index (χ0v) is 20.2. The molecule has 0 saturated heterocycles. The number of carbonyl (C=O) groups excluding carboxylic acids is 2. The van der Waals surface area contributed by atoms with Crippen LogP contribution in [0.2, 0.25) is 0 Å². The topological polar surface area (TPSA) is 85.9 Å². The van der Waals surface area contributed by atoms with Crippen LogP contribution in [0, 0.1) is 0 Å². The van der Waals surface area contributed by atoms with Crippen LogP contribution in [0.15, 0.2) is 115 Å². The first-order chi connectivity index (χ1) is 18.2. The Hall–Kier alpha value is -4.78. The highest BCUT2D eigenvalue weighted by molar-refractivity contribution is 5.71. The maximum Gasteiger partial charge on any atom is 0.409 e. The molecule has 4 aromatic rings. The molecule has 0 bridgehead atoms. The van der Waals surface area contributed by atoms with Gasteiger partial charge < -0.3 is 14.2 Å². The fourth-order valence-corrected chi connectivity index (χ4v) is 3.47. The van der Waals surface area contributed by atoms with Crippen LogP contribution in [0.3, 0.4) is 0 Å². The van der Waals surface area contributed by atoms with E-state index < -0.39 is 18.4 Å². The van der Waals surface area contributed by atoms with E-state index >= 15 is 0 Å². The molecule has 0 radical (unpaired) electrons. The van der Waals surface area contributed by atoms with Crippen molar-refractivity contribution in [2.45, 2.75) is 26.0 Å². The lowest BCUT2D eigenvalue weighted by atomic mass is 10.1. The van der Waals surface area contributed by atoms with E-state index in [-0.39, 0.29) is 13.2 Å². The molecule has 0 unspecified atom stereocenters. The lowest BCUT2D eigenvalue weighted by Crippen LogP contribution is -2.41. The number of alkyl carbamates (subject to hydrolysis) is 2. The van der Waals surface area contributed by atoms with Gasteiger partial charge in [-0.15, -0.1) is 0 Å². The van der Waals surface area contributed by atoms with Crippen molar-refractivity contribution < 1.29 is 23.8 Å². The molecule has 188 valence electrons. The number of benzene rings is 4. The van der Waals surface area contributed by atoms with Crippen LogP contribution in [-0.4, -0.2) is 12.2 Å². The van der Waals surface area contributed by atoms with E-state index in [9.17, 15) is 9.59 Å². The fourth-order valence-electron chi connectivity index (χ4n) is 3.47. The van der Waals surface area contributed by atoms with Gasteiger partial charge in [-0.1, -0.05) is 103 Å². The summed E-state index contributed by atoms with van der Waals surface area (Å²) in [5.74, 6) is 0.657. The SMILES string of the molecule is O=C(NC(NC(=O)OCc1ccccc1)c1ccc(OCc2ccccc2)cc1)OCc1ccccc1. The quantitative estimate of drug-likeness (QED) is 0.259. The normalized spacial score (nSPS) is 10.4. The molecule has 0 saturated carbocycles. The first-order valence-electron chi connectivity index (χ1n) is 11.9. The Bertz CT molecular complexity index is 1190. The summed E-state index contributed by atoms with van der Waals surface area (Å²) < 4.78 is 16.5. The van der Waals surface area contributed by atoms with E-state index in [1.54, 1.807) is 24.3 Å². The fraction of sp³-hybridized carbons (Fsp3) is 0.133. The molecule has 7 nitrogen and oxygen atoms in total. The molecule has 7 heteroatoms. The van der Waals surface area contributed by atoms with E-state index in [0.29, 0.717) is 17.9 Å². The number of carbonyl (C=O) groups is 2. The number of amides is 2. The van der Waals surface area contributed by atoms with Gasteiger partial charge >= 0.3 is 12.2 Å². The minimum absolute atomic E-state index is 0.101. The maximum atomic E-state index is 12.5. The molecule has 0 aromatic heterocycles. The predicted octanol–water partition coefficient (Wildman–Crippen LogP) is 6.12. The summed E-state index contributed by atoms with van der Waals surface area (Å²) in [5.41, 5.74) is 3.38. The second kappa shape index (κ2) is 13.3. The van der Waals surface area contributed by atoms with Crippen LogP contribution in [0.1, 0.15) is 28.4 Å². The van der Waals surface area contributed by atoms with E-state index in [2.05, 4.69) is 10.6 Å². The molecule has 4 aromatic carbocycles. The summed E-state index contributed by atoms with van der Waals surface area (Å²) in [6.07, 6.45) is -2.24. The van der Waals surface area contributed by atoms with Crippen molar-refractivity contribution in [3.8, 4) is 5.75 Å². The molecule has 0 fully saturated rings. The Labute approximate surface area is 216 Å².